The van der Waals surface area contributed by atoms with Crippen LogP contribution in [0.25, 0.3) is 0 Å². The van der Waals surface area contributed by atoms with Crippen molar-refractivity contribution in [2.75, 3.05) is 26.4 Å². The molecule has 0 spiro atoms. The number of carbonyl (C=O) groups excluding carboxylic acids is 5. The summed E-state index contributed by atoms with van der Waals surface area (Å²) in [4.78, 5) is 59.0. The first-order valence-electron chi connectivity index (χ1n) is 27.0. The first-order chi connectivity index (χ1) is 36.1. The molecule has 4 aliphatic carbocycles. The summed E-state index contributed by atoms with van der Waals surface area (Å²) in [7, 11) is 0. The molecule has 1 saturated carbocycles. The van der Waals surface area contributed by atoms with Gasteiger partial charge in [0.2, 0.25) is 0 Å². The van der Waals surface area contributed by atoms with E-state index in [0.717, 1.165) is 93.8 Å². The van der Waals surface area contributed by atoms with Crippen molar-refractivity contribution in [3.63, 3.8) is 0 Å². The van der Waals surface area contributed by atoms with Gasteiger partial charge < -0.3 is 39.1 Å². The van der Waals surface area contributed by atoms with Crippen molar-refractivity contribution < 1.29 is 52.4 Å². The van der Waals surface area contributed by atoms with E-state index in [1.165, 1.54) is 35.1 Å². The lowest BCUT2D eigenvalue weighted by Crippen LogP contribution is -2.31. The lowest BCUT2D eigenvalue weighted by molar-refractivity contribution is -0.138. The van der Waals surface area contributed by atoms with Gasteiger partial charge in [0.1, 0.15) is 37.8 Å². The molecule has 0 bridgehead atoms. The van der Waals surface area contributed by atoms with Crippen molar-refractivity contribution in [1.29, 1.82) is 0 Å². The van der Waals surface area contributed by atoms with Gasteiger partial charge in [-0.05, 0) is 165 Å². The second-order valence-corrected chi connectivity index (χ2v) is 20.8. The molecule has 0 radical (unpaired) electrons. The van der Waals surface area contributed by atoms with Crippen LogP contribution in [-0.4, -0.2) is 87.0 Å². The van der Waals surface area contributed by atoms with Gasteiger partial charge in [-0.2, -0.15) is 0 Å². The molecule has 1 aromatic carbocycles. The second kappa shape index (κ2) is 34.7. The Morgan fingerprint density at radius 1 is 0.570 bits per heavy atom. The standard InChI is InChI=1S/C23H27NO4.C20H29NO3.C18H25NO4.4CH4/c1-16-7-6-10-19(11-12-20-17(2)22(25)28-21(20)13-16)15-27-23(26)24-14-18-8-4-3-5-9-18;1-13-5-4-6-16(12-23-15(3)21-17-8-9-17)7-10-18-14(2)20(22)24-19(18)11-13;1-4-19-18(21)22-11-14-7-5-6-12(2)10-16-15(9-8-14)13(3)17(20)23-16;;;;/h3-5,8-10,13,20-21H,2,6-7,11-12,14-15H2,1H3,(H,24,26);6,11,15,17-19,21H,2,4-5,7-10,12H2,1,3H3;7,10,15-16H,3-6,8-9,11H2,1-2H3,(H,19,21);4*1H4/b16-13+,19-10+;13-11+,16-6+;12-10+,14-7+;;;;/t20?,21-;15?,18-,19+;15-,16+;;;;/m100..../s1. The van der Waals surface area contributed by atoms with Crippen LogP contribution in [0.4, 0.5) is 9.59 Å². The zero-order valence-corrected chi connectivity index (χ0v) is 45.0. The van der Waals surface area contributed by atoms with E-state index in [-0.39, 0.29) is 103 Å². The number of hydrogen-bond donors (Lipinski definition) is 3. The quantitative estimate of drug-likeness (QED) is 0.0594. The van der Waals surface area contributed by atoms with Gasteiger partial charge in [0.15, 0.2) is 0 Å². The van der Waals surface area contributed by atoms with Crippen molar-refractivity contribution in [2.45, 2.75) is 191 Å². The van der Waals surface area contributed by atoms with E-state index in [1.54, 1.807) is 0 Å². The summed E-state index contributed by atoms with van der Waals surface area (Å²) in [6, 6.07) is 10.4. The Labute approximate surface area is 474 Å². The number of esters is 3. The monoisotopic (exact) mass is 1100 g/mol. The molecule has 3 N–H and O–H groups in total. The summed E-state index contributed by atoms with van der Waals surface area (Å²) < 4.78 is 33.0. The Balaban J connectivity index is 0.000000397. The van der Waals surface area contributed by atoms with Gasteiger partial charge in [-0.25, -0.2) is 24.0 Å². The first-order valence-corrected chi connectivity index (χ1v) is 27.0. The number of fused-ring (bicyclic) bond motifs is 3. The van der Waals surface area contributed by atoms with Gasteiger partial charge in [0.05, 0.1) is 6.61 Å². The fraction of sp³-hybridized carbons (Fsp3) is 0.554. The Bertz CT molecular complexity index is 2420. The van der Waals surface area contributed by atoms with Crippen LogP contribution in [0.1, 0.15) is 160 Å². The Morgan fingerprint density at radius 2 is 0.949 bits per heavy atom. The number of rotatable bonds is 12. The van der Waals surface area contributed by atoms with Crippen LogP contribution in [0.15, 0.2) is 137 Å². The van der Waals surface area contributed by atoms with Gasteiger partial charge in [0, 0.05) is 53.6 Å². The zero-order valence-electron chi connectivity index (χ0n) is 45.0. The third kappa shape index (κ3) is 22.4. The highest BCUT2D eigenvalue weighted by atomic mass is 16.6. The zero-order chi connectivity index (χ0) is 53.9. The number of amides is 2. The molecule has 3 aliphatic heterocycles. The molecule has 3 saturated heterocycles. The molecule has 7 atom stereocenters. The van der Waals surface area contributed by atoms with Crippen molar-refractivity contribution in [1.82, 2.24) is 16.0 Å². The highest BCUT2D eigenvalue weighted by Crippen LogP contribution is 2.37. The molecule has 79 heavy (non-hydrogen) atoms. The van der Waals surface area contributed by atoms with E-state index < -0.39 is 12.2 Å². The maximum atomic E-state index is 12.0. The number of nitrogens with one attached hydrogen (secondary N) is 3. The maximum Gasteiger partial charge on any atom is 0.407 e. The van der Waals surface area contributed by atoms with E-state index in [0.29, 0.717) is 42.5 Å². The molecule has 3 heterocycles. The maximum absolute atomic E-state index is 12.0. The average Bonchev–Trinajstić information content (AvgIpc) is 4.04. The normalized spacial score (nSPS) is 28.1. The van der Waals surface area contributed by atoms with Crippen molar-refractivity contribution in [3.8, 4) is 0 Å². The summed E-state index contributed by atoms with van der Waals surface area (Å²) in [6.45, 7) is 24.0. The SMILES string of the molecule is C.C.C.C.C=C1C(=O)O[C@@H]2/C=C(\C)CC/C=C(/COC(=O)NCC)CC[C@@H]12.C=C1C(=O)O[C@@H]2/C=C(\C)CC/C=C(/COC(=O)NCc3ccccc3)CCC12.C=C1C(=O)O[C@@H]2/C=C(\C)CC/C=C(/COC(C)NC3CC3)CC[C@@H]12. The highest BCUT2D eigenvalue weighted by Gasteiger charge is 2.39. The van der Waals surface area contributed by atoms with Crippen LogP contribution < -0.4 is 16.0 Å². The van der Waals surface area contributed by atoms with Crippen LogP contribution in [-0.2, 0) is 49.3 Å². The molecule has 1 aromatic rings. The highest BCUT2D eigenvalue weighted by molar-refractivity contribution is 5.92. The van der Waals surface area contributed by atoms with Gasteiger partial charge in [-0.3, -0.25) is 5.32 Å². The summed E-state index contributed by atoms with van der Waals surface area (Å²) in [5.74, 6) is -0.764. The predicted molar refractivity (Wildman–Crippen MR) is 317 cm³/mol. The van der Waals surface area contributed by atoms with Crippen molar-refractivity contribution in [2.24, 2.45) is 17.8 Å². The molecule has 7 aliphatic rings. The summed E-state index contributed by atoms with van der Waals surface area (Å²) >= 11 is 0. The third-order valence-corrected chi connectivity index (χ3v) is 14.6. The minimum absolute atomic E-state index is 0. The van der Waals surface area contributed by atoms with Crippen LogP contribution in [0.2, 0.25) is 0 Å². The number of hydrogen-bond acceptors (Lipinski definition) is 12. The van der Waals surface area contributed by atoms with E-state index in [4.69, 9.17) is 28.4 Å². The molecule has 2 unspecified atom stereocenters. The number of ether oxygens (including phenoxy) is 6. The van der Waals surface area contributed by atoms with Crippen LogP contribution in [0.5, 0.6) is 0 Å². The number of benzene rings is 1. The molecule has 2 amide bonds. The van der Waals surface area contributed by atoms with E-state index in [9.17, 15) is 24.0 Å². The molecule has 8 rings (SSSR count). The molecule has 0 aromatic heterocycles. The largest absolute Gasteiger partial charge is 0.454 e. The minimum Gasteiger partial charge on any atom is -0.454 e. The molecule has 438 valence electrons. The Morgan fingerprint density at radius 3 is 1.33 bits per heavy atom. The average molecular weight is 1100 g/mol. The third-order valence-electron chi connectivity index (χ3n) is 14.6. The van der Waals surface area contributed by atoms with Gasteiger partial charge >= 0.3 is 30.1 Å². The molecular weight excluding hydrogens is 999 g/mol. The Kier molecular flexibility index (Phi) is 30.2. The predicted octanol–water partition coefficient (Wildman–Crippen LogP) is 13.9. The van der Waals surface area contributed by atoms with Gasteiger partial charge in [-0.1, -0.05) is 115 Å². The lowest BCUT2D eigenvalue weighted by Gasteiger charge is -2.20. The van der Waals surface area contributed by atoms with E-state index in [1.807, 2.05) is 56.3 Å². The summed E-state index contributed by atoms with van der Waals surface area (Å²) in [5, 5.41) is 8.85. The smallest absolute Gasteiger partial charge is 0.407 e. The lowest BCUT2D eigenvalue weighted by atomic mass is 9.88. The minimum atomic E-state index is -0.431. The topological polar surface area (TPSA) is 177 Å². The fourth-order valence-electron chi connectivity index (χ4n) is 9.88. The van der Waals surface area contributed by atoms with Gasteiger partial charge in [0.25, 0.3) is 0 Å². The van der Waals surface area contributed by atoms with Gasteiger partial charge in [-0.15, -0.1) is 0 Å². The molecular formula is C65H97N3O11. The second-order valence-electron chi connectivity index (χ2n) is 20.8. The van der Waals surface area contributed by atoms with Crippen LogP contribution in [0, 0.1) is 17.8 Å². The van der Waals surface area contributed by atoms with Crippen molar-refractivity contribution >= 4 is 30.1 Å². The summed E-state index contributed by atoms with van der Waals surface area (Å²) in [6.07, 6.45) is 24.4. The van der Waals surface area contributed by atoms with E-state index >= 15 is 0 Å². The number of allylic oxidation sites excluding steroid dienone is 6. The molecule has 4 fully saturated rings. The number of carbonyl (C=O) groups is 5. The van der Waals surface area contributed by atoms with Crippen LogP contribution in [0.3, 0.4) is 0 Å². The first kappa shape index (κ1) is 68.9. The van der Waals surface area contributed by atoms with Crippen LogP contribution >= 0.6 is 0 Å². The number of alkyl carbamates (subject to hydrolysis) is 2. The molecule has 14 heteroatoms. The fourth-order valence-corrected chi connectivity index (χ4v) is 9.88. The summed E-state index contributed by atoms with van der Waals surface area (Å²) in [5.41, 5.74) is 9.85. The Hall–Kier alpha value is -6.25. The molecule has 14 nitrogen and oxygen atoms in total. The van der Waals surface area contributed by atoms with Crippen molar-refractivity contribution in [3.05, 3.63) is 142 Å². The van der Waals surface area contributed by atoms with E-state index in [2.05, 4.69) is 80.8 Å².